The smallest absolute Gasteiger partial charge is 0.269 e. The second kappa shape index (κ2) is 9.96. The molecule has 0 atom stereocenters. The molecule has 0 bridgehead atoms. The molecule has 0 fully saturated rings. The predicted octanol–water partition coefficient (Wildman–Crippen LogP) is 3.15. The highest BCUT2D eigenvalue weighted by Gasteiger charge is 2.40. The molecule has 31 heavy (non-hydrogen) atoms. The molecule has 2 aromatic carbocycles. The van der Waals surface area contributed by atoms with Gasteiger partial charge in [-0.25, -0.2) is 12.7 Å². The molecule has 1 N–H and O–H groups in total. The van der Waals surface area contributed by atoms with Crippen LogP contribution in [-0.4, -0.2) is 43.7 Å². The summed E-state index contributed by atoms with van der Waals surface area (Å²) >= 11 is 0. The number of amides is 2. The van der Waals surface area contributed by atoms with Gasteiger partial charge < -0.3 is 10.1 Å². The zero-order chi connectivity index (χ0) is 22.4. The van der Waals surface area contributed by atoms with Gasteiger partial charge in [-0.15, -0.1) is 0 Å². The van der Waals surface area contributed by atoms with Gasteiger partial charge in [0.1, 0.15) is 10.6 Å². The molecule has 1 aliphatic rings. The Bertz CT molecular complexity index is 1030. The van der Waals surface area contributed by atoms with Crippen molar-refractivity contribution in [2.75, 3.05) is 13.1 Å². The Morgan fingerprint density at radius 2 is 1.77 bits per heavy atom. The first-order valence-electron chi connectivity index (χ1n) is 10.5. The van der Waals surface area contributed by atoms with Crippen LogP contribution in [0.3, 0.4) is 0 Å². The number of rotatable bonds is 10. The van der Waals surface area contributed by atoms with Crippen molar-refractivity contribution in [3.63, 3.8) is 0 Å². The molecule has 2 aromatic rings. The minimum absolute atomic E-state index is 0.00589. The summed E-state index contributed by atoms with van der Waals surface area (Å²) in [6.45, 7) is 4.50. The van der Waals surface area contributed by atoms with Gasteiger partial charge >= 0.3 is 0 Å². The molecule has 0 aliphatic carbocycles. The summed E-state index contributed by atoms with van der Waals surface area (Å²) in [5.74, 6) is 0.164. The van der Waals surface area contributed by atoms with Crippen LogP contribution < -0.4 is 10.1 Å². The summed E-state index contributed by atoms with van der Waals surface area (Å²) in [7, 11) is -3.81. The highest BCUT2D eigenvalue weighted by molar-refractivity contribution is 7.90. The number of carbonyl (C=O) groups excluding carboxylic acids is 2. The van der Waals surface area contributed by atoms with Gasteiger partial charge in [0.05, 0.1) is 11.7 Å². The van der Waals surface area contributed by atoms with Gasteiger partial charge in [-0.2, -0.15) is 0 Å². The molecule has 3 rings (SSSR count). The maximum atomic E-state index is 12.5. The molecular weight excluding hydrogens is 416 g/mol. The summed E-state index contributed by atoms with van der Waals surface area (Å²) in [5.41, 5.74) is 1.36. The van der Waals surface area contributed by atoms with Crippen LogP contribution in [0.5, 0.6) is 5.75 Å². The van der Waals surface area contributed by atoms with Crippen molar-refractivity contribution in [1.82, 2.24) is 9.62 Å². The lowest BCUT2D eigenvalue weighted by molar-refractivity contribution is -0.121. The average molecular weight is 445 g/mol. The van der Waals surface area contributed by atoms with Crippen LogP contribution in [0.15, 0.2) is 53.4 Å². The first-order valence-corrected chi connectivity index (χ1v) is 11.9. The third-order valence-electron chi connectivity index (χ3n) is 4.94. The standard InChI is InChI=1S/C23H28N2O5S/c1-17(2)30-19-13-11-18(12-14-19)7-5-15-24-22(26)10-6-16-25-23(27)20-8-3-4-9-21(20)31(25,28)29/h3-4,8-9,11-14,17H,5-7,10,15-16H2,1-2H3,(H,24,26). The maximum absolute atomic E-state index is 12.5. The molecule has 0 spiro atoms. The fourth-order valence-electron chi connectivity index (χ4n) is 3.45. The second-order valence-corrected chi connectivity index (χ2v) is 9.58. The molecule has 1 heterocycles. The van der Waals surface area contributed by atoms with Crippen molar-refractivity contribution in [3.05, 3.63) is 59.7 Å². The van der Waals surface area contributed by atoms with Crippen molar-refractivity contribution in [1.29, 1.82) is 0 Å². The fraction of sp³-hybridized carbons (Fsp3) is 0.391. The molecule has 0 aromatic heterocycles. The van der Waals surface area contributed by atoms with Crippen LogP contribution in [0.1, 0.15) is 49.0 Å². The quantitative estimate of drug-likeness (QED) is 0.568. The van der Waals surface area contributed by atoms with Crippen LogP contribution in [0.4, 0.5) is 0 Å². The Morgan fingerprint density at radius 3 is 2.45 bits per heavy atom. The van der Waals surface area contributed by atoms with Crippen LogP contribution in [0.25, 0.3) is 0 Å². The van der Waals surface area contributed by atoms with Crippen molar-refractivity contribution in [3.8, 4) is 5.75 Å². The van der Waals surface area contributed by atoms with E-state index in [1.54, 1.807) is 12.1 Å². The summed E-state index contributed by atoms with van der Waals surface area (Å²) in [6, 6.07) is 14.1. The van der Waals surface area contributed by atoms with E-state index in [4.69, 9.17) is 4.74 Å². The Morgan fingerprint density at radius 1 is 1.06 bits per heavy atom. The van der Waals surface area contributed by atoms with Crippen molar-refractivity contribution < 1.29 is 22.7 Å². The fourth-order valence-corrected chi connectivity index (χ4v) is 5.06. The minimum atomic E-state index is -3.81. The van der Waals surface area contributed by atoms with E-state index < -0.39 is 15.9 Å². The van der Waals surface area contributed by atoms with E-state index in [1.807, 2.05) is 38.1 Å². The van der Waals surface area contributed by atoms with Gasteiger partial charge in [-0.05, 0) is 62.9 Å². The summed E-state index contributed by atoms with van der Waals surface area (Å²) in [5, 5.41) is 2.85. The van der Waals surface area contributed by atoms with Crippen molar-refractivity contribution in [2.45, 2.75) is 50.5 Å². The number of ether oxygens (including phenoxy) is 1. The third kappa shape index (κ3) is 5.64. The number of sulfonamides is 1. The zero-order valence-corrected chi connectivity index (χ0v) is 18.7. The summed E-state index contributed by atoms with van der Waals surface area (Å²) in [6.07, 6.45) is 2.21. The molecular formula is C23H28N2O5S. The number of nitrogens with zero attached hydrogens (tertiary/aromatic N) is 1. The molecule has 0 radical (unpaired) electrons. The highest BCUT2D eigenvalue weighted by atomic mass is 32.2. The lowest BCUT2D eigenvalue weighted by Gasteiger charge is -2.14. The number of nitrogens with one attached hydrogen (secondary N) is 1. The number of benzene rings is 2. The molecule has 7 nitrogen and oxygen atoms in total. The summed E-state index contributed by atoms with van der Waals surface area (Å²) in [4.78, 5) is 24.4. The average Bonchev–Trinajstić information content (AvgIpc) is 2.93. The monoisotopic (exact) mass is 444 g/mol. The molecule has 166 valence electrons. The van der Waals surface area contributed by atoms with Crippen molar-refractivity contribution in [2.24, 2.45) is 0 Å². The maximum Gasteiger partial charge on any atom is 0.269 e. The van der Waals surface area contributed by atoms with Crippen LogP contribution in [0.2, 0.25) is 0 Å². The first kappa shape index (κ1) is 22.8. The molecule has 1 aliphatic heterocycles. The second-order valence-electron chi connectivity index (χ2n) is 7.75. The SMILES string of the molecule is CC(C)Oc1ccc(CCCNC(=O)CCCN2C(=O)c3ccccc3S2(=O)=O)cc1. The van der Waals surface area contributed by atoms with Crippen LogP contribution >= 0.6 is 0 Å². The molecule has 8 heteroatoms. The molecule has 0 saturated heterocycles. The normalized spacial score (nSPS) is 14.5. The van der Waals surface area contributed by atoms with Gasteiger partial charge in [-0.3, -0.25) is 9.59 Å². The predicted molar refractivity (Wildman–Crippen MR) is 117 cm³/mol. The topological polar surface area (TPSA) is 92.8 Å². The van der Waals surface area contributed by atoms with Gasteiger partial charge in [-0.1, -0.05) is 24.3 Å². The van der Waals surface area contributed by atoms with Gasteiger partial charge in [0.25, 0.3) is 15.9 Å². The molecule has 0 unspecified atom stereocenters. The third-order valence-corrected chi connectivity index (χ3v) is 6.78. The lowest BCUT2D eigenvalue weighted by Crippen LogP contribution is -2.32. The van der Waals surface area contributed by atoms with E-state index in [0.29, 0.717) is 6.54 Å². The highest BCUT2D eigenvalue weighted by Crippen LogP contribution is 2.29. The van der Waals surface area contributed by atoms with E-state index in [0.717, 1.165) is 22.9 Å². The largest absolute Gasteiger partial charge is 0.491 e. The van der Waals surface area contributed by atoms with E-state index in [-0.39, 0.29) is 41.9 Å². The van der Waals surface area contributed by atoms with Crippen LogP contribution in [0, 0.1) is 0 Å². The van der Waals surface area contributed by atoms with Gasteiger partial charge in [0.15, 0.2) is 0 Å². The molecule has 0 saturated carbocycles. The van der Waals surface area contributed by atoms with E-state index in [2.05, 4.69) is 5.32 Å². The summed E-state index contributed by atoms with van der Waals surface area (Å²) < 4.78 is 31.5. The van der Waals surface area contributed by atoms with E-state index >= 15 is 0 Å². The van der Waals surface area contributed by atoms with Gasteiger partial charge in [0.2, 0.25) is 5.91 Å². The number of fused-ring (bicyclic) bond motifs is 1. The number of aryl methyl sites for hydroxylation is 1. The number of hydrogen-bond donors (Lipinski definition) is 1. The Kier molecular flexibility index (Phi) is 7.33. The number of hydrogen-bond acceptors (Lipinski definition) is 5. The van der Waals surface area contributed by atoms with E-state index in [1.165, 1.54) is 17.7 Å². The zero-order valence-electron chi connectivity index (χ0n) is 17.8. The Balaban J connectivity index is 1.36. The van der Waals surface area contributed by atoms with Crippen LogP contribution in [-0.2, 0) is 21.2 Å². The first-order chi connectivity index (χ1) is 14.8. The van der Waals surface area contributed by atoms with Gasteiger partial charge in [0, 0.05) is 19.5 Å². The Labute approximate surface area is 183 Å². The van der Waals surface area contributed by atoms with E-state index in [9.17, 15) is 18.0 Å². The minimum Gasteiger partial charge on any atom is -0.491 e. The Hall–Kier alpha value is -2.87. The number of carbonyl (C=O) groups is 2. The van der Waals surface area contributed by atoms with Crippen molar-refractivity contribution >= 4 is 21.8 Å². The molecule has 2 amide bonds. The lowest BCUT2D eigenvalue weighted by atomic mass is 10.1.